The van der Waals surface area contributed by atoms with Crippen molar-refractivity contribution < 1.29 is 4.79 Å². The number of fused-ring (bicyclic) bond motifs is 1. The highest BCUT2D eigenvalue weighted by molar-refractivity contribution is 5.94. The van der Waals surface area contributed by atoms with Crippen LogP contribution in [0.4, 0.5) is 0 Å². The molecule has 2 aromatic heterocycles. The van der Waals surface area contributed by atoms with Gasteiger partial charge < -0.3 is 5.32 Å². The third kappa shape index (κ3) is 2.93. The van der Waals surface area contributed by atoms with Gasteiger partial charge in [-0.25, -0.2) is 9.67 Å². The fourth-order valence-electron chi connectivity index (χ4n) is 3.46. The lowest BCUT2D eigenvalue weighted by Crippen LogP contribution is -2.27. The van der Waals surface area contributed by atoms with Crippen LogP contribution in [0.15, 0.2) is 48.7 Å². The van der Waals surface area contributed by atoms with Gasteiger partial charge >= 0.3 is 0 Å². The minimum atomic E-state index is -0.0888. The summed E-state index contributed by atoms with van der Waals surface area (Å²) in [6.45, 7) is 3.94. The average molecular weight is 332 g/mol. The number of aryl methyl sites for hydroxylation is 3. The number of carbonyl (C=O) groups is 1. The highest BCUT2D eigenvalue weighted by Gasteiger charge is 2.23. The van der Waals surface area contributed by atoms with Crippen molar-refractivity contribution in [1.82, 2.24) is 20.1 Å². The Morgan fingerprint density at radius 3 is 2.76 bits per heavy atom. The standard InChI is InChI=1S/C20H20N4O/c1-13-11-14(2)24(23-13)19-10-8-16(12-21-19)20(25)22-18-9-7-15-5-3-4-6-17(15)18/h3-6,8,10-12,18H,7,9H2,1-2H3,(H,22,25)/t18-/m0/s1. The lowest BCUT2D eigenvalue weighted by Gasteiger charge is -2.14. The molecule has 0 fully saturated rings. The van der Waals surface area contributed by atoms with Crippen molar-refractivity contribution in [3.8, 4) is 5.82 Å². The molecule has 25 heavy (non-hydrogen) atoms. The SMILES string of the molecule is Cc1cc(C)n(-c2ccc(C(=O)N[C@H]3CCc4ccccc43)cn2)n1. The maximum absolute atomic E-state index is 12.6. The smallest absolute Gasteiger partial charge is 0.253 e. The monoisotopic (exact) mass is 332 g/mol. The molecule has 126 valence electrons. The molecule has 1 aliphatic carbocycles. The van der Waals surface area contributed by atoms with Gasteiger partial charge in [0, 0.05) is 11.9 Å². The first-order valence-electron chi connectivity index (χ1n) is 8.50. The van der Waals surface area contributed by atoms with Crippen LogP contribution < -0.4 is 5.32 Å². The molecule has 0 bridgehead atoms. The highest BCUT2D eigenvalue weighted by Crippen LogP contribution is 2.30. The molecule has 1 N–H and O–H groups in total. The average Bonchev–Trinajstić information content (AvgIpc) is 3.18. The van der Waals surface area contributed by atoms with Crippen LogP contribution in [-0.4, -0.2) is 20.7 Å². The first-order chi connectivity index (χ1) is 12.1. The van der Waals surface area contributed by atoms with Crippen molar-refractivity contribution in [3.05, 3.63) is 76.7 Å². The number of pyridine rings is 1. The molecule has 0 unspecified atom stereocenters. The lowest BCUT2D eigenvalue weighted by atomic mass is 10.1. The lowest BCUT2D eigenvalue weighted by molar-refractivity contribution is 0.0936. The summed E-state index contributed by atoms with van der Waals surface area (Å²) in [4.78, 5) is 17.0. The topological polar surface area (TPSA) is 59.8 Å². The summed E-state index contributed by atoms with van der Waals surface area (Å²) < 4.78 is 1.78. The summed E-state index contributed by atoms with van der Waals surface area (Å²) in [6, 6.07) is 14.0. The first-order valence-corrected chi connectivity index (χ1v) is 8.50. The molecule has 5 nitrogen and oxygen atoms in total. The van der Waals surface area contributed by atoms with Crippen LogP contribution in [-0.2, 0) is 6.42 Å². The van der Waals surface area contributed by atoms with Gasteiger partial charge in [0.25, 0.3) is 5.91 Å². The summed E-state index contributed by atoms with van der Waals surface area (Å²) >= 11 is 0. The van der Waals surface area contributed by atoms with E-state index in [2.05, 4.69) is 27.5 Å². The van der Waals surface area contributed by atoms with E-state index in [0.717, 1.165) is 24.2 Å². The second-order valence-electron chi connectivity index (χ2n) is 6.51. The van der Waals surface area contributed by atoms with Crippen molar-refractivity contribution in [2.45, 2.75) is 32.7 Å². The molecule has 0 radical (unpaired) electrons. The van der Waals surface area contributed by atoms with Gasteiger partial charge in [0.1, 0.15) is 0 Å². The number of aromatic nitrogens is 3. The van der Waals surface area contributed by atoms with Gasteiger partial charge in [-0.15, -0.1) is 0 Å². The van der Waals surface area contributed by atoms with Crippen LogP contribution in [0.3, 0.4) is 0 Å². The number of nitrogens with zero attached hydrogens (tertiary/aromatic N) is 3. The Balaban J connectivity index is 1.51. The van der Waals surface area contributed by atoms with Gasteiger partial charge in [-0.05, 0) is 56.0 Å². The molecule has 0 spiro atoms. The predicted octanol–water partition coefficient (Wildman–Crippen LogP) is 3.30. The van der Waals surface area contributed by atoms with Gasteiger partial charge in [0.2, 0.25) is 0 Å². The van der Waals surface area contributed by atoms with E-state index in [-0.39, 0.29) is 11.9 Å². The fourth-order valence-corrected chi connectivity index (χ4v) is 3.46. The van der Waals surface area contributed by atoms with E-state index in [4.69, 9.17) is 0 Å². The maximum atomic E-state index is 12.6. The largest absolute Gasteiger partial charge is 0.345 e. The molecule has 5 heteroatoms. The predicted molar refractivity (Wildman–Crippen MR) is 95.8 cm³/mol. The summed E-state index contributed by atoms with van der Waals surface area (Å²) in [5, 5.41) is 7.54. The number of nitrogens with one attached hydrogen (secondary N) is 1. The van der Waals surface area contributed by atoms with Crippen LogP contribution in [0.25, 0.3) is 5.82 Å². The van der Waals surface area contributed by atoms with Crippen molar-refractivity contribution in [3.63, 3.8) is 0 Å². The normalized spacial score (nSPS) is 15.8. The van der Waals surface area contributed by atoms with Crippen molar-refractivity contribution >= 4 is 5.91 Å². The Bertz CT molecular complexity index is 927. The molecule has 0 saturated heterocycles. The van der Waals surface area contributed by atoms with Gasteiger partial charge in [0.05, 0.1) is 17.3 Å². The van der Waals surface area contributed by atoms with Crippen LogP contribution in [0.2, 0.25) is 0 Å². The molecule has 1 aromatic carbocycles. The number of hydrogen-bond acceptors (Lipinski definition) is 3. The number of benzene rings is 1. The molecule has 3 aromatic rings. The van der Waals surface area contributed by atoms with Crippen LogP contribution in [0, 0.1) is 13.8 Å². The summed E-state index contributed by atoms with van der Waals surface area (Å²) in [5.74, 6) is 0.627. The number of carbonyl (C=O) groups excluding carboxylic acids is 1. The molecule has 1 aliphatic rings. The van der Waals surface area contributed by atoms with E-state index < -0.39 is 0 Å². The summed E-state index contributed by atoms with van der Waals surface area (Å²) in [6.07, 6.45) is 3.57. The van der Waals surface area contributed by atoms with E-state index >= 15 is 0 Å². The zero-order valence-corrected chi connectivity index (χ0v) is 14.4. The van der Waals surface area contributed by atoms with Gasteiger partial charge in [-0.2, -0.15) is 5.10 Å². The molecule has 0 aliphatic heterocycles. The summed E-state index contributed by atoms with van der Waals surface area (Å²) in [5.41, 5.74) is 5.08. The highest BCUT2D eigenvalue weighted by atomic mass is 16.1. The zero-order chi connectivity index (χ0) is 17.4. The molecular formula is C20H20N4O. The van der Waals surface area contributed by atoms with E-state index in [1.54, 1.807) is 16.9 Å². The van der Waals surface area contributed by atoms with Gasteiger partial charge in [-0.1, -0.05) is 24.3 Å². The molecule has 0 saturated carbocycles. The minimum Gasteiger partial charge on any atom is -0.345 e. The molecule has 1 amide bonds. The van der Waals surface area contributed by atoms with Crippen molar-refractivity contribution in [2.75, 3.05) is 0 Å². The van der Waals surface area contributed by atoms with Crippen LogP contribution >= 0.6 is 0 Å². The van der Waals surface area contributed by atoms with E-state index in [9.17, 15) is 4.79 Å². The third-order valence-corrected chi connectivity index (χ3v) is 4.67. The fraction of sp³-hybridized carbons (Fsp3) is 0.250. The molecular weight excluding hydrogens is 312 g/mol. The molecule has 1 atom stereocenters. The minimum absolute atomic E-state index is 0.0828. The van der Waals surface area contributed by atoms with E-state index in [1.807, 2.05) is 38.1 Å². The second-order valence-corrected chi connectivity index (χ2v) is 6.51. The summed E-state index contributed by atoms with van der Waals surface area (Å²) in [7, 11) is 0. The van der Waals surface area contributed by atoms with Crippen molar-refractivity contribution in [1.29, 1.82) is 0 Å². The van der Waals surface area contributed by atoms with Crippen molar-refractivity contribution in [2.24, 2.45) is 0 Å². The van der Waals surface area contributed by atoms with Crippen LogP contribution in [0.1, 0.15) is 45.3 Å². The number of rotatable bonds is 3. The Morgan fingerprint density at radius 1 is 1.20 bits per heavy atom. The molecule has 4 rings (SSSR count). The van der Waals surface area contributed by atoms with Gasteiger partial charge in [0.15, 0.2) is 5.82 Å². The van der Waals surface area contributed by atoms with E-state index in [0.29, 0.717) is 11.4 Å². The molecule has 2 heterocycles. The van der Waals surface area contributed by atoms with Gasteiger partial charge in [-0.3, -0.25) is 4.79 Å². The Kier molecular flexibility index (Phi) is 3.84. The third-order valence-electron chi connectivity index (χ3n) is 4.67. The number of amides is 1. The van der Waals surface area contributed by atoms with Crippen LogP contribution in [0.5, 0.6) is 0 Å². The Hall–Kier alpha value is -2.95. The Labute approximate surface area is 146 Å². The van der Waals surface area contributed by atoms with E-state index in [1.165, 1.54) is 11.1 Å². The number of hydrogen-bond donors (Lipinski definition) is 1. The Morgan fingerprint density at radius 2 is 2.04 bits per heavy atom. The second kappa shape index (κ2) is 6.16. The first kappa shape index (κ1) is 15.6. The maximum Gasteiger partial charge on any atom is 0.253 e. The zero-order valence-electron chi connectivity index (χ0n) is 14.4. The quantitative estimate of drug-likeness (QED) is 0.800.